The van der Waals surface area contributed by atoms with Crippen molar-refractivity contribution in [1.29, 1.82) is 0 Å². The molecule has 0 unspecified atom stereocenters. The van der Waals surface area contributed by atoms with Crippen LogP contribution in [0.15, 0.2) is 0 Å². The molecule has 0 amide bonds. The van der Waals surface area contributed by atoms with Crippen molar-refractivity contribution in [2.45, 2.75) is 0 Å². The molecule has 9 heavy (non-hydrogen) atoms. The van der Waals surface area contributed by atoms with Gasteiger partial charge >= 0.3 is 0 Å². The van der Waals surface area contributed by atoms with Crippen molar-refractivity contribution in [3.8, 4) is 0 Å². The van der Waals surface area contributed by atoms with E-state index < -0.39 is 0 Å². The van der Waals surface area contributed by atoms with E-state index in [1.54, 1.807) is 4.90 Å². The van der Waals surface area contributed by atoms with E-state index in [1.807, 2.05) is 0 Å². The summed E-state index contributed by atoms with van der Waals surface area (Å²) in [6.07, 6.45) is 0. The average molecular weight is 130 g/mol. The molecule has 0 aromatic heterocycles. The standard InChI is InChI=1S/C7H17N2/c1-8-4-6-9(2,3)7-5-8/h4-7H2,1-3H3/q+1/p+1. The molecule has 1 aliphatic heterocycles. The third-order valence-corrected chi connectivity index (χ3v) is 2.29. The predicted molar refractivity (Wildman–Crippen MR) is 38.5 cm³/mol. The molecule has 0 atom stereocenters. The van der Waals surface area contributed by atoms with Gasteiger partial charge in [-0.2, -0.15) is 0 Å². The van der Waals surface area contributed by atoms with E-state index in [2.05, 4.69) is 21.1 Å². The Morgan fingerprint density at radius 3 is 1.89 bits per heavy atom. The molecule has 1 saturated heterocycles. The van der Waals surface area contributed by atoms with E-state index in [0.717, 1.165) is 0 Å². The van der Waals surface area contributed by atoms with Crippen molar-refractivity contribution in [3.63, 3.8) is 0 Å². The highest BCUT2D eigenvalue weighted by Gasteiger charge is 2.24. The average Bonchev–Trinajstić information content (AvgIpc) is 1.78. The lowest BCUT2D eigenvalue weighted by molar-refractivity contribution is -0.996. The minimum absolute atomic E-state index is 1.22. The van der Waals surface area contributed by atoms with Crippen molar-refractivity contribution >= 4 is 0 Å². The van der Waals surface area contributed by atoms with E-state index in [4.69, 9.17) is 0 Å². The van der Waals surface area contributed by atoms with Crippen LogP contribution in [0.2, 0.25) is 0 Å². The predicted octanol–water partition coefficient (Wildman–Crippen LogP) is -1.41. The second-order valence-corrected chi connectivity index (χ2v) is 3.84. The highest BCUT2D eigenvalue weighted by molar-refractivity contribution is 4.38. The van der Waals surface area contributed by atoms with Gasteiger partial charge in [0.2, 0.25) is 0 Å². The zero-order chi connectivity index (χ0) is 6.91. The molecule has 0 aromatic rings. The Bertz CT molecular complexity index is 89.1. The van der Waals surface area contributed by atoms with Crippen LogP contribution < -0.4 is 4.90 Å². The summed E-state index contributed by atoms with van der Waals surface area (Å²) >= 11 is 0. The molecule has 0 spiro atoms. The number of piperazine rings is 1. The molecule has 54 valence electrons. The highest BCUT2D eigenvalue weighted by atomic mass is 15.4. The summed E-state index contributed by atoms with van der Waals surface area (Å²) in [5.74, 6) is 0. The van der Waals surface area contributed by atoms with Crippen LogP contribution in [0.4, 0.5) is 0 Å². The van der Waals surface area contributed by atoms with E-state index in [-0.39, 0.29) is 0 Å². The van der Waals surface area contributed by atoms with Crippen molar-refractivity contribution < 1.29 is 9.38 Å². The van der Waals surface area contributed by atoms with Gasteiger partial charge in [0.25, 0.3) is 0 Å². The first-order chi connectivity index (χ1) is 4.10. The molecule has 0 aromatic carbocycles. The Labute approximate surface area is 57.7 Å². The zero-order valence-electron chi connectivity index (χ0n) is 6.78. The van der Waals surface area contributed by atoms with Gasteiger partial charge in [-0.15, -0.1) is 0 Å². The van der Waals surface area contributed by atoms with Crippen LogP contribution in [0.1, 0.15) is 0 Å². The molecule has 1 rings (SSSR count). The van der Waals surface area contributed by atoms with Crippen LogP contribution in [0, 0.1) is 0 Å². The molecule has 0 radical (unpaired) electrons. The van der Waals surface area contributed by atoms with Crippen LogP contribution in [-0.2, 0) is 0 Å². The van der Waals surface area contributed by atoms with E-state index in [0.29, 0.717) is 0 Å². The first-order valence-electron chi connectivity index (χ1n) is 3.73. The molecule has 2 heteroatoms. The van der Waals surface area contributed by atoms with Gasteiger partial charge in [0.1, 0.15) is 26.2 Å². The fourth-order valence-corrected chi connectivity index (χ4v) is 1.22. The third-order valence-electron chi connectivity index (χ3n) is 2.29. The molecule has 1 heterocycles. The van der Waals surface area contributed by atoms with Crippen molar-refractivity contribution in [2.24, 2.45) is 0 Å². The Hall–Kier alpha value is -0.0800. The number of hydrogen-bond donors (Lipinski definition) is 1. The van der Waals surface area contributed by atoms with E-state index in [1.165, 1.54) is 30.7 Å². The Balaban J connectivity index is 2.35. The number of nitrogens with zero attached hydrogens (tertiary/aromatic N) is 1. The maximum atomic E-state index is 2.31. The van der Waals surface area contributed by atoms with Gasteiger partial charge in [-0.05, 0) is 0 Å². The minimum Gasteiger partial charge on any atom is -0.328 e. The first kappa shape index (κ1) is 7.03. The molecule has 0 bridgehead atoms. The van der Waals surface area contributed by atoms with Gasteiger partial charge < -0.3 is 9.38 Å². The summed E-state index contributed by atoms with van der Waals surface area (Å²) in [4.78, 5) is 1.69. The first-order valence-corrected chi connectivity index (χ1v) is 3.73. The SMILES string of the molecule is C[NH+]1CC[N+](C)(C)CC1. The van der Waals surface area contributed by atoms with Crippen LogP contribution in [-0.4, -0.2) is 51.8 Å². The summed E-state index contributed by atoms with van der Waals surface area (Å²) in [5.41, 5.74) is 0. The summed E-state index contributed by atoms with van der Waals surface area (Å²) in [5, 5.41) is 0. The largest absolute Gasteiger partial charge is 0.328 e. The maximum absolute atomic E-state index is 2.31. The van der Waals surface area contributed by atoms with Crippen LogP contribution in [0.25, 0.3) is 0 Å². The van der Waals surface area contributed by atoms with Gasteiger partial charge in [-0.25, -0.2) is 0 Å². The Kier molecular flexibility index (Phi) is 1.78. The molecule has 1 aliphatic rings. The molecule has 1 N–H and O–H groups in total. The van der Waals surface area contributed by atoms with Gasteiger partial charge in [0.05, 0.1) is 21.1 Å². The highest BCUT2D eigenvalue weighted by Crippen LogP contribution is 1.94. The number of likely N-dealkylation sites (N-methyl/N-ethyl adjacent to an activating group) is 2. The molecular formula is C7H18N2+2. The number of rotatable bonds is 0. The Morgan fingerprint density at radius 1 is 1.11 bits per heavy atom. The third kappa shape index (κ3) is 1.95. The van der Waals surface area contributed by atoms with Gasteiger partial charge in [0, 0.05) is 0 Å². The second-order valence-electron chi connectivity index (χ2n) is 3.84. The van der Waals surface area contributed by atoms with Crippen molar-refractivity contribution in [2.75, 3.05) is 47.3 Å². The van der Waals surface area contributed by atoms with Gasteiger partial charge in [-0.3, -0.25) is 0 Å². The van der Waals surface area contributed by atoms with Gasteiger partial charge in [0.15, 0.2) is 0 Å². The Morgan fingerprint density at radius 2 is 1.56 bits per heavy atom. The molecular weight excluding hydrogens is 112 g/mol. The second kappa shape index (κ2) is 2.27. The fourth-order valence-electron chi connectivity index (χ4n) is 1.22. The topological polar surface area (TPSA) is 4.44 Å². The lowest BCUT2D eigenvalue weighted by atomic mass is 10.3. The zero-order valence-corrected chi connectivity index (χ0v) is 6.78. The molecule has 1 fully saturated rings. The summed E-state index contributed by atoms with van der Waals surface area (Å²) in [6, 6.07) is 0. The number of hydrogen-bond acceptors (Lipinski definition) is 0. The summed E-state index contributed by atoms with van der Waals surface area (Å²) in [7, 11) is 6.90. The van der Waals surface area contributed by atoms with Gasteiger partial charge in [-0.1, -0.05) is 0 Å². The number of quaternary nitrogens is 2. The maximum Gasteiger partial charge on any atom is 0.128 e. The van der Waals surface area contributed by atoms with Crippen molar-refractivity contribution in [3.05, 3.63) is 0 Å². The summed E-state index contributed by atoms with van der Waals surface area (Å²) in [6.45, 7) is 5.36. The number of nitrogens with one attached hydrogen (secondary N) is 1. The lowest BCUT2D eigenvalue weighted by Gasteiger charge is -2.35. The van der Waals surface area contributed by atoms with Crippen LogP contribution >= 0.6 is 0 Å². The minimum atomic E-state index is 1.22. The van der Waals surface area contributed by atoms with Crippen molar-refractivity contribution in [1.82, 2.24) is 0 Å². The molecule has 0 aliphatic carbocycles. The smallest absolute Gasteiger partial charge is 0.128 e. The fraction of sp³-hybridized carbons (Fsp3) is 1.00. The quantitative estimate of drug-likeness (QED) is 0.384. The lowest BCUT2D eigenvalue weighted by Crippen LogP contribution is -3.12. The van der Waals surface area contributed by atoms with E-state index >= 15 is 0 Å². The summed E-state index contributed by atoms with van der Waals surface area (Å²) < 4.78 is 1.22. The normalized spacial score (nSPS) is 28.3. The van der Waals surface area contributed by atoms with E-state index in [9.17, 15) is 0 Å². The van der Waals surface area contributed by atoms with Crippen LogP contribution in [0.3, 0.4) is 0 Å². The molecule has 2 nitrogen and oxygen atoms in total. The molecule has 0 saturated carbocycles. The monoisotopic (exact) mass is 130 g/mol. The van der Waals surface area contributed by atoms with Crippen LogP contribution in [0.5, 0.6) is 0 Å².